The van der Waals surface area contributed by atoms with E-state index in [0.717, 1.165) is 32.4 Å². The lowest BCUT2D eigenvalue weighted by molar-refractivity contribution is -0.0867. The summed E-state index contributed by atoms with van der Waals surface area (Å²) in [6, 6.07) is 0. The van der Waals surface area contributed by atoms with Crippen LogP contribution in [0.1, 0.15) is 79.6 Å². The third-order valence-corrected chi connectivity index (χ3v) is 5.16. The van der Waals surface area contributed by atoms with E-state index in [0.29, 0.717) is 24.4 Å². The molecule has 1 saturated carbocycles. The first-order valence-electron chi connectivity index (χ1n) is 10.5. The second-order valence-electron chi connectivity index (χ2n) is 9.08. The van der Waals surface area contributed by atoms with Crippen LogP contribution in [0.4, 0.5) is 0 Å². The summed E-state index contributed by atoms with van der Waals surface area (Å²) in [5.41, 5.74) is -0.0138. The van der Waals surface area contributed by atoms with Crippen LogP contribution in [0.15, 0.2) is 0 Å². The molecular formula is C21H41NO3. The molecule has 0 unspecified atom stereocenters. The second kappa shape index (κ2) is 10.2. The van der Waals surface area contributed by atoms with Crippen molar-refractivity contribution >= 4 is 0 Å². The number of piperidine rings is 1. The average molecular weight is 356 g/mol. The van der Waals surface area contributed by atoms with E-state index in [9.17, 15) is 0 Å². The number of hydrogen-bond acceptors (Lipinski definition) is 4. The Kier molecular flexibility index (Phi) is 8.67. The summed E-state index contributed by atoms with van der Waals surface area (Å²) in [7, 11) is 0. The molecule has 2 aliphatic rings. The quantitative estimate of drug-likeness (QED) is 0.604. The van der Waals surface area contributed by atoms with Crippen molar-refractivity contribution in [2.24, 2.45) is 0 Å². The van der Waals surface area contributed by atoms with Crippen LogP contribution in [0.25, 0.3) is 0 Å². The standard InChI is InChI=1S/C21H41NO3/c1-17(2)24-18-7-9-19(10-8-18)25-20-11-14-22(15-12-20)13-6-16-23-21(3,4)5/h17-20H,6-16H2,1-5H3. The minimum atomic E-state index is -0.0138. The Hall–Kier alpha value is -0.160. The van der Waals surface area contributed by atoms with E-state index >= 15 is 0 Å². The molecule has 1 aliphatic carbocycles. The molecule has 25 heavy (non-hydrogen) atoms. The van der Waals surface area contributed by atoms with E-state index in [1.807, 2.05) is 0 Å². The van der Waals surface area contributed by atoms with Gasteiger partial charge in [-0.15, -0.1) is 0 Å². The lowest BCUT2D eigenvalue weighted by atomic mass is 9.94. The highest BCUT2D eigenvalue weighted by molar-refractivity contribution is 4.78. The van der Waals surface area contributed by atoms with Crippen LogP contribution in [0.2, 0.25) is 0 Å². The molecule has 2 rings (SSSR count). The number of nitrogens with zero attached hydrogens (tertiary/aromatic N) is 1. The Bertz CT molecular complexity index is 351. The minimum absolute atomic E-state index is 0.0138. The Morgan fingerprint density at radius 1 is 0.880 bits per heavy atom. The first-order valence-corrected chi connectivity index (χ1v) is 10.5. The van der Waals surface area contributed by atoms with E-state index in [4.69, 9.17) is 14.2 Å². The van der Waals surface area contributed by atoms with Gasteiger partial charge in [0.1, 0.15) is 0 Å². The summed E-state index contributed by atoms with van der Waals surface area (Å²) < 4.78 is 18.1. The van der Waals surface area contributed by atoms with Gasteiger partial charge in [0.15, 0.2) is 0 Å². The predicted molar refractivity (Wildman–Crippen MR) is 103 cm³/mol. The monoisotopic (exact) mass is 355 g/mol. The normalized spacial score (nSPS) is 27.1. The minimum Gasteiger partial charge on any atom is -0.376 e. The van der Waals surface area contributed by atoms with Crippen molar-refractivity contribution < 1.29 is 14.2 Å². The number of ether oxygens (including phenoxy) is 3. The highest BCUT2D eigenvalue weighted by Gasteiger charge is 2.27. The van der Waals surface area contributed by atoms with Gasteiger partial charge < -0.3 is 19.1 Å². The maximum absolute atomic E-state index is 6.40. The molecule has 0 aromatic rings. The van der Waals surface area contributed by atoms with Gasteiger partial charge in [-0.1, -0.05) is 0 Å². The van der Waals surface area contributed by atoms with Gasteiger partial charge in [-0.05, 0) is 79.6 Å². The molecule has 0 atom stereocenters. The Labute approximate surface area is 155 Å². The largest absolute Gasteiger partial charge is 0.376 e. The van der Waals surface area contributed by atoms with Gasteiger partial charge in [0.2, 0.25) is 0 Å². The third kappa shape index (κ3) is 8.85. The van der Waals surface area contributed by atoms with Gasteiger partial charge in [0, 0.05) is 26.2 Å². The van der Waals surface area contributed by atoms with Crippen molar-refractivity contribution in [3.05, 3.63) is 0 Å². The Morgan fingerprint density at radius 3 is 2.00 bits per heavy atom. The van der Waals surface area contributed by atoms with Crippen molar-refractivity contribution in [2.45, 2.75) is 110 Å². The summed E-state index contributed by atoms with van der Waals surface area (Å²) in [5.74, 6) is 0. The van der Waals surface area contributed by atoms with E-state index in [1.165, 1.54) is 38.8 Å². The fraction of sp³-hybridized carbons (Fsp3) is 1.00. The molecule has 0 radical (unpaired) electrons. The van der Waals surface area contributed by atoms with Crippen LogP contribution in [-0.4, -0.2) is 61.2 Å². The smallest absolute Gasteiger partial charge is 0.0603 e. The first kappa shape index (κ1) is 21.1. The van der Waals surface area contributed by atoms with Crippen molar-refractivity contribution in [3.8, 4) is 0 Å². The molecule has 0 aromatic carbocycles. The van der Waals surface area contributed by atoms with Crippen molar-refractivity contribution in [1.29, 1.82) is 0 Å². The predicted octanol–water partition coefficient (Wildman–Crippen LogP) is 4.41. The van der Waals surface area contributed by atoms with E-state index in [1.54, 1.807) is 0 Å². The lowest BCUT2D eigenvalue weighted by Crippen LogP contribution is -2.40. The van der Waals surface area contributed by atoms with Gasteiger partial charge in [0.05, 0.1) is 30.0 Å². The maximum Gasteiger partial charge on any atom is 0.0603 e. The Balaban J connectivity index is 1.54. The SMILES string of the molecule is CC(C)OC1CCC(OC2CCN(CCCOC(C)(C)C)CC2)CC1. The molecule has 1 heterocycles. The number of likely N-dealkylation sites (tertiary alicyclic amines) is 1. The third-order valence-electron chi connectivity index (χ3n) is 5.16. The lowest BCUT2D eigenvalue weighted by Gasteiger charge is -2.36. The molecule has 0 N–H and O–H groups in total. The van der Waals surface area contributed by atoms with Crippen LogP contribution in [0.3, 0.4) is 0 Å². The topological polar surface area (TPSA) is 30.9 Å². The molecule has 2 fully saturated rings. The first-order chi connectivity index (χ1) is 11.8. The highest BCUT2D eigenvalue weighted by atomic mass is 16.5. The van der Waals surface area contributed by atoms with Crippen LogP contribution in [-0.2, 0) is 14.2 Å². The molecule has 0 aromatic heterocycles. The molecule has 148 valence electrons. The van der Waals surface area contributed by atoms with Gasteiger partial charge in [0.25, 0.3) is 0 Å². The number of hydrogen-bond donors (Lipinski definition) is 0. The summed E-state index contributed by atoms with van der Waals surface area (Å²) in [6.07, 6.45) is 9.89. The zero-order valence-electron chi connectivity index (χ0n) is 17.3. The van der Waals surface area contributed by atoms with Crippen LogP contribution in [0, 0.1) is 0 Å². The molecule has 0 spiro atoms. The Morgan fingerprint density at radius 2 is 1.44 bits per heavy atom. The van der Waals surface area contributed by atoms with E-state index < -0.39 is 0 Å². The molecule has 1 aliphatic heterocycles. The number of rotatable bonds is 8. The molecule has 4 nitrogen and oxygen atoms in total. The molecule has 0 bridgehead atoms. The summed E-state index contributed by atoms with van der Waals surface area (Å²) in [4.78, 5) is 2.57. The molecule has 0 amide bonds. The zero-order valence-corrected chi connectivity index (χ0v) is 17.3. The van der Waals surface area contributed by atoms with Crippen molar-refractivity contribution in [3.63, 3.8) is 0 Å². The van der Waals surface area contributed by atoms with E-state index in [-0.39, 0.29) is 5.60 Å². The van der Waals surface area contributed by atoms with Crippen LogP contribution in [0.5, 0.6) is 0 Å². The maximum atomic E-state index is 6.40. The molecular weight excluding hydrogens is 314 g/mol. The van der Waals surface area contributed by atoms with Crippen molar-refractivity contribution in [2.75, 3.05) is 26.2 Å². The fourth-order valence-electron chi connectivity index (χ4n) is 3.90. The van der Waals surface area contributed by atoms with Crippen LogP contribution >= 0.6 is 0 Å². The average Bonchev–Trinajstić information content (AvgIpc) is 2.53. The van der Waals surface area contributed by atoms with Gasteiger partial charge >= 0.3 is 0 Å². The highest BCUT2D eigenvalue weighted by Crippen LogP contribution is 2.27. The summed E-state index contributed by atoms with van der Waals surface area (Å²) >= 11 is 0. The molecule has 4 heteroatoms. The second-order valence-corrected chi connectivity index (χ2v) is 9.08. The van der Waals surface area contributed by atoms with Crippen molar-refractivity contribution in [1.82, 2.24) is 4.90 Å². The van der Waals surface area contributed by atoms with E-state index in [2.05, 4.69) is 39.5 Å². The van der Waals surface area contributed by atoms with Gasteiger partial charge in [-0.3, -0.25) is 0 Å². The molecule has 1 saturated heterocycles. The van der Waals surface area contributed by atoms with Gasteiger partial charge in [-0.2, -0.15) is 0 Å². The fourth-order valence-corrected chi connectivity index (χ4v) is 3.90. The summed E-state index contributed by atoms with van der Waals surface area (Å²) in [5, 5.41) is 0. The van der Waals surface area contributed by atoms with Gasteiger partial charge in [-0.25, -0.2) is 0 Å². The zero-order chi connectivity index (χ0) is 18.3. The summed E-state index contributed by atoms with van der Waals surface area (Å²) in [6.45, 7) is 15.0. The van der Waals surface area contributed by atoms with Crippen LogP contribution < -0.4 is 0 Å².